The molecule has 1 aromatic heterocycles. The molecular weight excluding hydrogens is 345 g/mol. The van der Waals surface area contributed by atoms with Crippen molar-refractivity contribution in [3.63, 3.8) is 0 Å². The molecule has 1 amide bonds. The van der Waals surface area contributed by atoms with E-state index in [0.29, 0.717) is 17.8 Å². The first-order valence-electron chi connectivity index (χ1n) is 8.46. The maximum absolute atomic E-state index is 13.5. The molecule has 3 aromatic carbocycles. The number of fused-ring (bicyclic) bond motifs is 1. The van der Waals surface area contributed by atoms with Gasteiger partial charge in [-0.3, -0.25) is 4.79 Å². The first kappa shape index (κ1) is 16.8. The summed E-state index contributed by atoms with van der Waals surface area (Å²) in [5.41, 5.74) is 1.25. The molecular formula is C20H16FN5O. The van der Waals surface area contributed by atoms with E-state index in [1.54, 1.807) is 18.2 Å². The summed E-state index contributed by atoms with van der Waals surface area (Å²) >= 11 is 0. The van der Waals surface area contributed by atoms with Crippen LogP contribution in [0.25, 0.3) is 10.8 Å². The molecule has 0 saturated carbocycles. The molecule has 0 radical (unpaired) electrons. The van der Waals surface area contributed by atoms with E-state index in [2.05, 4.69) is 25.9 Å². The summed E-state index contributed by atoms with van der Waals surface area (Å²) in [5, 5.41) is 18.9. The van der Waals surface area contributed by atoms with E-state index >= 15 is 0 Å². The predicted molar refractivity (Wildman–Crippen MR) is 98.4 cm³/mol. The first-order valence-corrected chi connectivity index (χ1v) is 8.46. The Morgan fingerprint density at radius 1 is 1.04 bits per heavy atom. The van der Waals surface area contributed by atoms with Crippen LogP contribution in [0.3, 0.4) is 0 Å². The highest BCUT2D eigenvalue weighted by atomic mass is 19.1. The third kappa shape index (κ3) is 3.82. The molecule has 1 atom stereocenters. The minimum atomic E-state index is -0.537. The molecule has 1 heterocycles. The van der Waals surface area contributed by atoms with Crippen molar-refractivity contribution in [1.29, 1.82) is 0 Å². The minimum absolute atomic E-state index is 0.257. The Bertz CT molecular complexity index is 1080. The Kier molecular flexibility index (Phi) is 4.57. The summed E-state index contributed by atoms with van der Waals surface area (Å²) in [7, 11) is 0. The number of nitrogens with one attached hydrogen (secondary N) is 2. The molecule has 7 heteroatoms. The molecule has 0 aliphatic carbocycles. The van der Waals surface area contributed by atoms with Crippen LogP contribution in [-0.2, 0) is 6.42 Å². The van der Waals surface area contributed by atoms with Crippen molar-refractivity contribution in [2.75, 3.05) is 0 Å². The van der Waals surface area contributed by atoms with Crippen LogP contribution in [0.5, 0.6) is 0 Å². The van der Waals surface area contributed by atoms with Gasteiger partial charge in [-0.25, -0.2) is 4.39 Å². The van der Waals surface area contributed by atoms with Crippen LogP contribution in [0.1, 0.15) is 27.8 Å². The van der Waals surface area contributed by atoms with Crippen LogP contribution >= 0.6 is 0 Å². The van der Waals surface area contributed by atoms with E-state index in [1.165, 1.54) is 12.1 Å². The molecule has 0 aliphatic heterocycles. The zero-order valence-corrected chi connectivity index (χ0v) is 14.3. The zero-order chi connectivity index (χ0) is 18.6. The second kappa shape index (κ2) is 7.33. The average Bonchev–Trinajstić information content (AvgIpc) is 3.22. The highest BCUT2D eigenvalue weighted by Crippen LogP contribution is 2.19. The Balaban J connectivity index is 1.59. The molecule has 0 bridgehead atoms. The SMILES string of the molecule is O=C(N[C@H](Cc1cccc(F)c1)c1nn[nH]n1)c1ccc2ccccc2c1. The quantitative estimate of drug-likeness (QED) is 0.572. The lowest BCUT2D eigenvalue weighted by molar-refractivity contribution is 0.0935. The van der Waals surface area contributed by atoms with Gasteiger partial charge in [-0.05, 0) is 40.6 Å². The number of H-pyrrole nitrogens is 1. The van der Waals surface area contributed by atoms with Gasteiger partial charge in [-0.1, -0.05) is 47.7 Å². The van der Waals surface area contributed by atoms with Gasteiger partial charge in [0.15, 0.2) is 5.82 Å². The summed E-state index contributed by atoms with van der Waals surface area (Å²) < 4.78 is 13.5. The fourth-order valence-corrected chi connectivity index (χ4v) is 3.00. The third-order valence-corrected chi connectivity index (χ3v) is 4.32. The molecule has 0 spiro atoms. The second-order valence-corrected chi connectivity index (χ2v) is 6.19. The van der Waals surface area contributed by atoms with Crippen LogP contribution in [0.15, 0.2) is 66.7 Å². The number of nitrogens with zero attached hydrogens (tertiary/aromatic N) is 3. The largest absolute Gasteiger partial charge is 0.342 e. The summed E-state index contributed by atoms with van der Waals surface area (Å²) in [5.74, 6) is -0.249. The number of hydrogen-bond donors (Lipinski definition) is 2. The van der Waals surface area contributed by atoms with Crippen LogP contribution in [0, 0.1) is 5.82 Å². The van der Waals surface area contributed by atoms with Gasteiger partial charge < -0.3 is 5.32 Å². The molecule has 2 N–H and O–H groups in total. The van der Waals surface area contributed by atoms with Gasteiger partial charge in [-0.15, -0.1) is 10.2 Å². The maximum atomic E-state index is 13.5. The summed E-state index contributed by atoms with van der Waals surface area (Å²) in [4.78, 5) is 12.8. The van der Waals surface area contributed by atoms with Crippen molar-refractivity contribution >= 4 is 16.7 Å². The Hall–Kier alpha value is -3.61. The van der Waals surface area contributed by atoms with Crippen LogP contribution < -0.4 is 5.32 Å². The van der Waals surface area contributed by atoms with E-state index in [9.17, 15) is 9.18 Å². The van der Waals surface area contributed by atoms with Crippen molar-refractivity contribution in [1.82, 2.24) is 25.9 Å². The van der Waals surface area contributed by atoms with Crippen molar-refractivity contribution in [3.05, 3.63) is 89.5 Å². The number of hydrogen-bond acceptors (Lipinski definition) is 4. The molecule has 27 heavy (non-hydrogen) atoms. The fraction of sp³-hybridized carbons (Fsp3) is 0.100. The fourth-order valence-electron chi connectivity index (χ4n) is 3.00. The van der Waals surface area contributed by atoms with Gasteiger partial charge in [0.25, 0.3) is 5.91 Å². The highest BCUT2D eigenvalue weighted by Gasteiger charge is 2.20. The molecule has 0 aliphatic rings. The Morgan fingerprint density at radius 3 is 2.67 bits per heavy atom. The molecule has 6 nitrogen and oxygen atoms in total. The predicted octanol–water partition coefficient (Wildman–Crippen LogP) is 3.21. The Labute approximate surface area is 154 Å². The lowest BCUT2D eigenvalue weighted by atomic mass is 10.0. The van der Waals surface area contributed by atoms with E-state index in [1.807, 2.05) is 36.4 Å². The highest BCUT2D eigenvalue weighted by molar-refractivity contribution is 5.98. The maximum Gasteiger partial charge on any atom is 0.251 e. The first-order chi connectivity index (χ1) is 13.2. The van der Waals surface area contributed by atoms with Gasteiger partial charge in [0, 0.05) is 12.0 Å². The number of carbonyl (C=O) groups is 1. The van der Waals surface area contributed by atoms with Gasteiger partial charge in [0.1, 0.15) is 5.82 Å². The monoisotopic (exact) mass is 361 g/mol. The normalized spacial score (nSPS) is 12.0. The average molecular weight is 361 g/mol. The van der Waals surface area contributed by atoms with Crippen molar-refractivity contribution in [2.24, 2.45) is 0 Å². The molecule has 0 saturated heterocycles. The number of benzene rings is 3. The lowest BCUT2D eigenvalue weighted by Gasteiger charge is -2.16. The minimum Gasteiger partial charge on any atom is -0.342 e. The number of aromatic amines is 1. The molecule has 0 fully saturated rings. The molecule has 4 rings (SSSR count). The zero-order valence-electron chi connectivity index (χ0n) is 14.3. The number of aromatic nitrogens is 4. The summed E-state index contributed by atoms with van der Waals surface area (Å²) in [6, 6.07) is 19.0. The van der Waals surface area contributed by atoms with Crippen molar-refractivity contribution in [2.45, 2.75) is 12.5 Å². The van der Waals surface area contributed by atoms with Crippen LogP contribution in [-0.4, -0.2) is 26.5 Å². The van der Waals surface area contributed by atoms with E-state index in [-0.39, 0.29) is 11.7 Å². The van der Waals surface area contributed by atoms with Gasteiger partial charge in [-0.2, -0.15) is 5.21 Å². The second-order valence-electron chi connectivity index (χ2n) is 6.19. The standard InChI is InChI=1S/C20H16FN5O/c21-17-7-3-4-13(10-17)11-18(19-23-25-26-24-19)22-20(27)16-9-8-14-5-1-2-6-15(14)12-16/h1-10,12,18H,11H2,(H,22,27)(H,23,24,25,26)/t18-/m1/s1. The summed E-state index contributed by atoms with van der Waals surface area (Å²) in [6.45, 7) is 0. The van der Waals surface area contributed by atoms with E-state index in [4.69, 9.17) is 0 Å². The van der Waals surface area contributed by atoms with Gasteiger partial charge in [0.2, 0.25) is 0 Å². The van der Waals surface area contributed by atoms with Crippen LogP contribution in [0.4, 0.5) is 4.39 Å². The van der Waals surface area contributed by atoms with Gasteiger partial charge >= 0.3 is 0 Å². The molecule has 4 aromatic rings. The van der Waals surface area contributed by atoms with E-state index in [0.717, 1.165) is 16.3 Å². The van der Waals surface area contributed by atoms with Gasteiger partial charge in [0.05, 0.1) is 6.04 Å². The molecule has 0 unspecified atom stereocenters. The smallest absolute Gasteiger partial charge is 0.251 e. The Morgan fingerprint density at radius 2 is 1.89 bits per heavy atom. The number of rotatable bonds is 5. The number of tetrazole rings is 1. The number of carbonyl (C=O) groups excluding carboxylic acids is 1. The molecule has 134 valence electrons. The van der Waals surface area contributed by atoms with Crippen LogP contribution in [0.2, 0.25) is 0 Å². The van der Waals surface area contributed by atoms with Crippen molar-refractivity contribution in [3.8, 4) is 0 Å². The van der Waals surface area contributed by atoms with E-state index < -0.39 is 6.04 Å². The third-order valence-electron chi connectivity index (χ3n) is 4.32. The lowest BCUT2D eigenvalue weighted by Crippen LogP contribution is -2.30. The summed E-state index contributed by atoms with van der Waals surface area (Å²) in [6.07, 6.45) is 0.344. The topological polar surface area (TPSA) is 83.6 Å². The van der Waals surface area contributed by atoms with Crippen molar-refractivity contribution < 1.29 is 9.18 Å². The number of halogens is 1. The number of amides is 1.